The van der Waals surface area contributed by atoms with Crippen LogP contribution in [0.3, 0.4) is 0 Å². The largest absolute Gasteiger partial charge is 0.389 e. The van der Waals surface area contributed by atoms with Crippen LogP contribution in [-0.2, 0) is 11.2 Å². The summed E-state index contributed by atoms with van der Waals surface area (Å²) in [5.41, 5.74) is 2.51. The number of nitrogens with one attached hydrogen (secondary N) is 2. The Morgan fingerprint density at radius 3 is 3.10 bits per heavy atom. The van der Waals surface area contributed by atoms with Crippen molar-refractivity contribution >= 4 is 6.03 Å². The highest BCUT2D eigenvalue weighted by Crippen LogP contribution is 2.29. The van der Waals surface area contributed by atoms with Crippen LogP contribution in [0.15, 0.2) is 24.3 Å². The van der Waals surface area contributed by atoms with E-state index in [0.29, 0.717) is 0 Å². The van der Waals surface area contributed by atoms with Crippen LogP contribution in [0.2, 0.25) is 0 Å². The first kappa shape index (κ1) is 14.8. The van der Waals surface area contributed by atoms with Crippen LogP contribution in [0.1, 0.15) is 30.0 Å². The second kappa shape index (κ2) is 7.26. The first-order valence-corrected chi connectivity index (χ1v) is 7.00. The van der Waals surface area contributed by atoms with E-state index < -0.39 is 6.10 Å². The van der Waals surface area contributed by atoms with E-state index in [9.17, 15) is 9.90 Å². The fraction of sp³-hybridized carbons (Fsp3) is 0.533. The molecule has 2 unspecified atom stereocenters. The third kappa shape index (κ3) is 3.95. The SMILES string of the molecule is COCC(O)CNC(=O)NC1CCCc2ccccc21. The molecule has 1 aromatic carbocycles. The van der Waals surface area contributed by atoms with Gasteiger partial charge in [0.05, 0.1) is 18.8 Å². The summed E-state index contributed by atoms with van der Waals surface area (Å²) in [7, 11) is 1.52. The van der Waals surface area contributed by atoms with Crippen molar-refractivity contribution in [1.29, 1.82) is 0 Å². The second-order valence-corrected chi connectivity index (χ2v) is 5.11. The molecule has 1 aliphatic carbocycles. The van der Waals surface area contributed by atoms with Gasteiger partial charge in [-0.1, -0.05) is 24.3 Å². The van der Waals surface area contributed by atoms with Gasteiger partial charge < -0.3 is 20.5 Å². The Labute approximate surface area is 119 Å². The van der Waals surface area contributed by atoms with Gasteiger partial charge in [0, 0.05) is 13.7 Å². The minimum atomic E-state index is -0.676. The number of ether oxygens (including phenoxy) is 1. The lowest BCUT2D eigenvalue weighted by Crippen LogP contribution is -2.42. The number of fused-ring (bicyclic) bond motifs is 1. The molecule has 5 heteroatoms. The number of rotatable bonds is 5. The lowest BCUT2D eigenvalue weighted by Gasteiger charge is -2.26. The summed E-state index contributed by atoms with van der Waals surface area (Å²) in [5.74, 6) is 0. The summed E-state index contributed by atoms with van der Waals surface area (Å²) in [6.45, 7) is 0.403. The zero-order valence-electron chi connectivity index (χ0n) is 11.8. The van der Waals surface area contributed by atoms with Crippen molar-refractivity contribution in [1.82, 2.24) is 10.6 Å². The zero-order valence-corrected chi connectivity index (χ0v) is 11.8. The standard InChI is InChI=1S/C15H22N2O3/c1-20-10-12(18)9-16-15(19)17-14-8-4-6-11-5-2-3-7-13(11)14/h2-3,5,7,12,14,18H,4,6,8-10H2,1H3,(H2,16,17,19). The molecule has 0 bridgehead atoms. The molecule has 1 aliphatic rings. The number of hydrogen-bond acceptors (Lipinski definition) is 3. The molecule has 20 heavy (non-hydrogen) atoms. The van der Waals surface area contributed by atoms with E-state index in [1.807, 2.05) is 12.1 Å². The van der Waals surface area contributed by atoms with Gasteiger partial charge in [0.15, 0.2) is 0 Å². The molecular weight excluding hydrogens is 256 g/mol. The molecular formula is C15H22N2O3. The van der Waals surface area contributed by atoms with Crippen molar-refractivity contribution in [3.05, 3.63) is 35.4 Å². The molecule has 0 saturated carbocycles. The van der Waals surface area contributed by atoms with Gasteiger partial charge in [-0.25, -0.2) is 4.79 Å². The molecule has 1 aromatic rings. The molecule has 0 aromatic heterocycles. The number of methoxy groups -OCH3 is 1. The third-order valence-electron chi connectivity index (χ3n) is 3.53. The molecule has 0 spiro atoms. The Balaban J connectivity index is 1.86. The Morgan fingerprint density at radius 2 is 2.30 bits per heavy atom. The van der Waals surface area contributed by atoms with Crippen LogP contribution in [0, 0.1) is 0 Å². The topological polar surface area (TPSA) is 70.6 Å². The number of carbonyl (C=O) groups excluding carboxylic acids is 1. The van der Waals surface area contributed by atoms with E-state index in [4.69, 9.17) is 4.74 Å². The molecule has 3 N–H and O–H groups in total. The van der Waals surface area contributed by atoms with Crippen LogP contribution in [0.5, 0.6) is 0 Å². The molecule has 0 radical (unpaired) electrons. The average Bonchev–Trinajstić information content (AvgIpc) is 2.46. The van der Waals surface area contributed by atoms with E-state index in [1.165, 1.54) is 18.2 Å². The molecule has 0 heterocycles. The molecule has 2 amide bonds. The van der Waals surface area contributed by atoms with Gasteiger partial charge in [0.2, 0.25) is 0 Å². The molecule has 2 rings (SSSR count). The fourth-order valence-electron chi connectivity index (χ4n) is 2.57. The van der Waals surface area contributed by atoms with E-state index >= 15 is 0 Å². The fourth-order valence-corrected chi connectivity index (χ4v) is 2.57. The Hall–Kier alpha value is -1.59. The van der Waals surface area contributed by atoms with Crippen LogP contribution >= 0.6 is 0 Å². The van der Waals surface area contributed by atoms with Gasteiger partial charge in [-0.3, -0.25) is 0 Å². The van der Waals surface area contributed by atoms with Crippen molar-refractivity contribution in [2.45, 2.75) is 31.4 Å². The summed E-state index contributed by atoms with van der Waals surface area (Å²) in [6, 6.07) is 8.02. The van der Waals surface area contributed by atoms with E-state index in [2.05, 4.69) is 22.8 Å². The normalized spacial score (nSPS) is 19.0. The van der Waals surface area contributed by atoms with E-state index in [1.54, 1.807) is 0 Å². The maximum Gasteiger partial charge on any atom is 0.315 e. The number of aliphatic hydroxyl groups is 1. The Bertz CT molecular complexity index is 450. The lowest BCUT2D eigenvalue weighted by atomic mass is 9.88. The maximum atomic E-state index is 11.9. The first-order valence-electron chi connectivity index (χ1n) is 7.00. The monoisotopic (exact) mass is 278 g/mol. The molecule has 110 valence electrons. The third-order valence-corrected chi connectivity index (χ3v) is 3.53. The molecule has 0 aliphatic heterocycles. The molecule has 0 saturated heterocycles. The first-order chi connectivity index (χ1) is 9.70. The highest BCUT2D eigenvalue weighted by Gasteiger charge is 2.21. The average molecular weight is 278 g/mol. The van der Waals surface area contributed by atoms with Crippen molar-refractivity contribution in [2.24, 2.45) is 0 Å². The predicted octanol–water partition coefficient (Wildman–Crippen LogP) is 1.37. The second-order valence-electron chi connectivity index (χ2n) is 5.11. The minimum absolute atomic E-state index is 0.0551. The van der Waals surface area contributed by atoms with E-state index in [0.717, 1.165) is 19.3 Å². The van der Waals surface area contributed by atoms with E-state index in [-0.39, 0.29) is 25.2 Å². The molecule has 5 nitrogen and oxygen atoms in total. The summed E-state index contributed by atoms with van der Waals surface area (Å²) in [4.78, 5) is 11.9. The summed E-state index contributed by atoms with van der Waals surface area (Å²) >= 11 is 0. The maximum absolute atomic E-state index is 11.9. The smallest absolute Gasteiger partial charge is 0.315 e. The zero-order chi connectivity index (χ0) is 14.4. The number of urea groups is 1. The van der Waals surface area contributed by atoms with Crippen LogP contribution in [-0.4, -0.2) is 37.5 Å². The van der Waals surface area contributed by atoms with Crippen LogP contribution < -0.4 is 10.6 Å². The number of aliphatic hydroxyl groups excluding tert-OH is 1. The Kier molecular flexibility index (Phi) is 5.38. The van der Waals surface area contributed by atoms with Gasteiger partial charge in [-0.15, -0.1) is 0 Å². The quantitative estimate of drug-likeness (QED) is 0.762. The van der Waals surface area contributed by atoms with Crippen molar-refractivity contribution in [3.8, 4) is 0 Å². The van der Waals surface area contributed by atoms with Gasteiger partial charge in [0.1, 0.15) is 0 Å². The van der Waals surface area contributed by atoms with Gasteiger partial charge in [0.25, 0.3) is 0 Å². The summed E-state index contributed by atoms with van der Waals surface area (Å²) < 4.78 is 4.81. The molecule has 0 fully saturated rings. The number of benzene rings is 1. The van der Waals surface area contributed by atoms with Crippen molar-refractivity contribution in [3.63, 3.8) is 0 Å². The van der Waals surface area contributed by atoms with Gasteiger partial charge >= 0.3 is 6.03 Å². The lowest BCUT2D eigenvalue weighted by molar-refractivity contribution is 0.0659. The van der Waals surface area contributed by atoms with Gasteiger partial charge in [-0.2, -0.15) is 0 Å². The number of hydrogen-bond donors (Lipinski definition) is 3. The van der Waals surface area contributed by atoms with Crippen molar-refractivity contribution < 1.29 is 14.6 Å². The number of amides is 2. The van der Waals surface area contributed by atoms with Crippen LogP contribution in [0.25, 0.3) is 0 Å². The highest BCUT2D eigenvalue weighted by atomic mass is 16.5. The van der Waals surface area contributed by atoms with Gasteiger partial charge in [-0.05, 0) is 30.4 Å². The summed E-state index contributed by atoms with van der Waals surface area (Å²) in [6.07, 6.45) is 2.42. The minimum Gasteiger partial charge on any atom is -0.389 e. The number of carbonyl (C=O) groups is 1. The van der Waals surface area contributed by atoms with Crippen molar-refractivity contribution in [2.75, 3.05) is 20.3 Å². The van der Waals surface area contributed by atoms with Crippen LogP contribution in [0.4, 0.5) is 4.79 Å². The summed E-state index contributed by atoms with van der Waals surface area (Å²) in [5, 5.41) is 15.1. The Morgan fingerprint density at radius 1 is 1.50 bits per heavy atom. The number of aryl methyl sites for hydroxylation is 1. The molecule has 2 atom stereocenters. The predicted molar refractivity (Wildman–Crippen MR) is 76.5 cm³/mol. The highest BCUT2D eigenvalue weighted by molar-refractivity contribution is 5.74.